The van der Waals surface area contributed by atoms with Crippen LogP contribution in [-0.4, -0.2) is 44.3 Å². The number of hydrogen-bond donors (Lipinski definition) is 4. The van der Waals surface area contributed by atoms with Crippen LogP contribution in [0.25, 0.3) is 0 Å². The minimum Gasteiger partial charge on any atom is -0.478 e. The Labute approximate surface area is 191 Å². The summed E-state index contributed by atoms with van der Waals surface area (Å²) in [4.78, 5) is 39.6. The van der Waals surface area contributed by atoms with E-state index in [4.69, 9.17) is 20.4 Å². The van der Waals surface area contributed by atoms with E-state index >= 15 is 0 Å². The SMILES string of the molecule is C=C(CCCC)C(=O)O.C=C(CCCC)C(=O)O.C=C(CCCC)C(=O)O.C=CC(=O)O. The van der Waals surface area contributed by atoms with Gasteiger partial charge in [-0.1, -0.05) is 66.3 Å². The lowest BCUT2D eigenvalue weighted by molar-refractivity contribution is -0.133. The molecule has 0 amide bonds. The molecule has 32 heavy (non-hydrogen) atoms. The largest absolute Gasteiger partial charge is 0.478 e. The van der Waals surface area contributed by atoms with Gasteiger partial charge in [0.2, 0.25) is 0 Å². The first-order valence-electron chi connectivity index (χ1n) is 10.4. The van der Waals surface area contributed by atoms with Gasteiger partial charge in [0.25, 0.3) is 0 Å². The molecule has 0 unspecified atom stereocenters. The van der Waals surface area contributed by atoms with E-state index in [1.807, 2.05) is 20.8 Å². The van der Waals surface area contributed by atoms with E-state index in [-0.39, 0.29) is 0 Å². The highest BCUT2D eigenvalue weighted by Crippen LogP contribution is 2.04. The molecule has 0 saturated carbocycles. The number of hydrogen-bond acceptors (Lipinski definition) is 4. The first-order valence-corrected chi connectivity index (χ1v) is 10.4. The second-order valence-electron chi connectivity index (χ2n) is 6.58. The Hall–Kier alpha value is -3.16. The molecule has 0 fully saturated rings. The fourth-order valence-electron chi connectivity index (χ4n) is 1.49. The van der Waals surface area contributed by atoms with Crippen molar-refractivity contribution in [2.45, 2.75) is 78.6 Å². The van der Waals surface area contributed by atoms with Gasteiger partial charge >= 0.3 is 23.9 Å². The van der Waals surface area contributed by atoms with Crippen molar-refractivity contribution in [3.63, 3.8) is 0 Å². The average molecular weight is 457 g/mol. The van der Waals surface area contributed by atoms with Gasteiger partial charge in [-0.25, -0.2) is 19.2 Å². The van der Waals surface area contributed by atoms with Gasteiger partial charge in [-0.15, -0.1) is 0 Å². The molecule has 0 rings (SSSR count). The third kappa shape index (κ3) is 34.4. The summed E-state index contributed by atoms with van der Waals surface area (Å²) in [6.45, 7) is 19.2. The number of aliphatic carboxylic acids is 4. The summed E-state index contributed by atoms with van der Waals surface area (Å²) in [5.41, 5.74) is 0.950. The topological polar surface area (TPSA) is 149 Å². The molecule has 0 aliphatic carbocycles. The smallest absolute Gasteiger partial charge is 0.330 e. The number of unbranched alkanes of at least 4 members (excludes halogenated alkanes) is 3. The van der Waals surface area contributed by atoms with Crippen LogP contribution >= 0.6 is 0 Å². The summed E-state index contributed by atoms with van der Waals surface area (Å²) >= 11 is 0. The van der Waals surface area contributed by atoms with Crippen molar-refractivity contribution in [3.8, 4) is 0 Å². The summed E-state index contributed by atoms with van der Waals surface area (Å²) in [6, 6.07) is 0. The zero-order valence-electron chi connectivity index (χ0n) is 19.7. The highest BCUT2D eigenvalue weighted by molar-refractivity contribution is 5.86. The quantitative estimate of drug-likeness (QED) is 0.257. The first kappa shape index (κ1) is 36.2. The molecular formula is C24H40O8. The van der Waals surface area contributed by atoms with Gasteiger partial charge in [0.1, 0.15) is 0 Å². The molecule has 4 N–H and O–H groups in total. The summed E-state index contributed by atoms with van der Waals surface area (Å²) in [5, 5.41) is 32.5. The van der Waals surface area contributed by atoms with Gasteiger partial charge in [-0.05, 0) is 38.5 Å². The zero-order chi connectivity index (χ0) is 26.1. The molecule has 0 radical (unpaired) electrons. The average Bonchev–Trinajstić information content (AvgIpc) is 2.74. The van der Waals surface area contributed by atoms with E-state index in [1.165, 1.54) is 0 Å². The van der Waals surface area contributed by atoms with Crippen LogP contribution in [0, 0.1) is 0 Å². The standard InChI is InChI=1S/3C7H12O2.C3H4O2/c3*1-3-4-5-6(2)7(8)9;1-2-3(4)5/h3*2-5H2,1H3,(H,8,9);2H,1H2,(H,4,5). The van der Waals surface area contributed by atoms with E-state index in [1.54, 1.807) is 0 Å². The molecule has 0 heterocycles. The third-order valence-corrected chi connectivity index (χ3v) is 3.58. The molecule has 0 bridgehead atoms. The van der Waals surface area contributed by atoms with Crippen molar-refractivity contribution in [3.05, 3.63) is 49.1 Å². The molecule has 184 valence electrons. The van der Waals surface area contributed by atoms with Crippen molar-refractivity contribution < 1.29 is 39.6 Å². The Bertz CT molecular complexity index is 546. The van der Waals surface area contributed by atoms with Gasteiger partial charge < -0.3 is 20.4 Å². The van der Waals surface area contributed by atoms with Crippen molar-refractivity contribution in [1.82, 2.24) is 0 Å². The van der Waals surface area contributed by atoms with Crippen LogP contribution in [0.1, 0.15) is 78.6 Å². The fraction of sp³-hybridized carbons (Fsp3) is 0.500. The zero-order valence-corrected chi connectivity index (χ0v) is 19.7. The van der Waals surface area contributed by atoms with Gasteiger partial charge in [-0.3, -0.25) is 0 Å². The summed E-state index contributed by atoms with van der Waals surface area (Å²) in [7, 11) is 0. The van der Waals surface area contributed by atoms with Gasteiger partial charge in [0, 0.05) is 22.8 Å². The van der Waals surface area contributed by atoms with Crippen LogP contribution in [0.5, 0.6) is 0 Å². The first-order chi connectivity index (χ1) is 14.8. The predicted molar refractivity (Wildman–Crippen MR) is 127 cm³/mol. The Balaban J connectivity index is -0.000000167. The molecule has 0 spiro atoms. The number of rotatable bonds is 13. The molecule has 0 aromatic heterocycles. The molecule has 0 aromatic rings. The molecular weight excluding hydrogens is 416 g/mol. The maximum atomic E-state index is 10.1. The monoisotopic (exact) mass is 456 g/mol. The highest BCUT2D eigenvalue weighted by Gasteiger charge is 2.01. The molecule has 8 heteroatoms. The van der Waals surface area contributed by atoms with Gasteiger partial charge in [-0.2, -0.15) is 0 Å². The number of carboxylic acids is 4. The normalized spacial score (nSPS) is 8.59. The summed E-state index contributed by atoms with van der Waals surface area (Å²) in [6.07, 6.45) is 8.51. The lowest BCUT2D eigenvalue weighted by Gasteiger charge is -1.95. The maximum absolute atomic E-state index is 10.1. The third-order valence-electron chi connectivity index (χ3n) is 3.58. The second-order valence-corrected chi connectivity index (χ2v) is 6.58. The second kappa shape index (κ2) is 25.9. The van der Waals surface area contributed by atoms with E-state index < -0.39 is 23.9 Å². The summed E-state index contributed by atoms with van der Waals surface area (Å²) < 4.78 is 0. The molecule has 0 aromatic carbocycles. The lowest BCUT2D eigenvalue weighted by atomic mass is 10.1. The molecule has 8 nitrogen and oxygen atoms in total. The van der Waals surface area contributed by atoms with Crippen LogP contribution < -0.4 is 0 Å². The van der Waals surface area contributed by atoms with E-state index in [2.05, 4.69) is 26.3 Å². The lowest BCUT2D eigenvalue weighted by Crippen LogP contribution is -1.97. The highest BCUT2D eigenvalue weighted by atomic mass is 16.4. The Kier molecular flexibility index (Phi) is 29.3. The molecule has 0 saturated heterocycles. The van der Waals surface area contributed by atoms with Gasteiger partial charge in [0.05, 0.1) is 0 Å². The van der Waals surface area contributed by atoms with Crippen LogP contribution in [0.15, 0.2) is 49.1 Å². The Morgan fingerprint density at radius 3 is 0.875 bits per heavy atom. The predicted octanol–water partition coefficient (Wildman–Crippen LogP) is 5.71. The van der Waals surface area contributed by atoms with Gasteiger partial charge in [0.15, 0.2) is 0 Å². The number of carboxylic acid groups (broad SMARTS) is 4. The van der Waals surface area contributed by atoms with Crippen LogP contribution in [0.4, 0.5) is 0 Å². The molecule has 0 aliphatic heterocycles. The maximum Gasteiger partial charge on any atom is 0.330 e. The van der Waals surface area contributed by atoms with Crippen LogP contribution in [-0.2, 0) is 19.2 Å². The van der Waals surface area contributed by atoms with Crippen LogP contribution in [0.3, 0.4) is 0 Å². The van der Waals surface area contributed by atoms with E-state index in [0.29, 0.717) is 36.0 Å². The van der Waals surface area contributed by atoms with E-state index in [9.17, 15) is 19.2 Å². The fourth-order valence-corrected chi connectivity index (χ4v) is 1.49. The Morgan fingerprint density at radius 1 is 0.594 bits per heavy atom. The van der Waals surface area contributed by atoms with Crippen molar-refractivity contribution in [2.24, 2.45) is 0 Å². The van der Waals surface area contributed by atoms with E-state index in [0.717, 1.165) is 44.6 Å². The number of carbonyl (C=O) groups is 4. The Morgan fingerprint density at radius 2 is 0.781 bits per heavy atom. The minimum atomic E-state index is -0.981. The minimum absolute atomic E-state index is 0.317. The van der Waals surface area contributed by atoms with Crippen molar-refractivity contribution in [2.75, 3.05) is 0 Å². The molecule has 0 atom stereocenters. The van der Waals surface area contributed by atoms with Crippen molar-refractivity contribution >= 4 is 23.9 Å². The molecule has 0 aliphatic rings. The van der Waals surface area contributed by atoms with Crippen LogP contribution in [0.2, 0.25) is 0 Å². The van der Waals surface area contributed by atoms with Crippen molar-refractivity contribution in [1.29, 1.82) is 0 Å². The summed E-state index contributed by atoms with van der Waals surface area (Å²) in [5.74, 6) is -3.60.